The van der Waals surface area contributed by atoms with Crippen LogP contribution in [0.25, 0.3) is 0 Å². The molecule has 1 saturated carbocycles. The van der Waals surface area contributed by atoms with E-state index in [9.17, 15) is 9.59 Å². The number of nitrogens with two attached hydrogens (primary N) is 1. The summed E-state index contributed by atoms with van der Waals surface area (Å²) in [7, 11) is 0. The number of carbonyl (C=O) groups excluding carboxylic acids is 1. The summed E-state index contributed by atoms with van der Waals surface area (Å²) in [5.41, 5.74) is 5.26. The number of amides is 1. The fourth-order valence-corrected chi connectivity index (χ4v) is 2.10. The largest absolute Gasteiger partial charge is 0.478 e. The van der Waals surface area contributed by atoms with Crippen molar-refractivity contribution in [2.24, 2.45) is 5.73 Å². The molecule has 0 spiro atoms. The Hall–Kier alpha value is -1.36. The van der Waals surface area contributed by atoms with Gasteiger partial charge in [-0.25, -0.2) is 4.79 Å². The SMILES string of the molecule is C=C(CN(CC(N)=O)C1CCCC1)C(=O)O. The number of carboxylic acids is 1. The zero-order valence-electron chi connectivity index (χ0n) is 9.32. The average Bonchev–Trinajstić information content (AvgIpc) is 2.68. The van der Waals surface area contributed by atoms with Crippen LogP contribution in [0.5, 0.6) is 0 Å². The highest BCUT2D eigenvalue weighted by molar-refractivity contribution is 5.86. The zero-order valence-corrected chi connectivity index (χ0v) is 9.32. The van der Waals surface area contributed by atoms with Gasteiger partial charge in [-0.05, 0) is 12.8 Å². The minimum absolute atomic E-state index is 0.105. The molecule has 0 aromatic carbocycles. The van der Waals surface area contributed by atoms with Crippen molar-refractivity contribution in [1.29, 1.82) is 0 Å². The highest BCUT2D eigenvalue weighted by atomic mass is 16.4. The molecule has 0 bridgehead atoms. The molecule has 3 N–H and O–H groups in total. The zero-order chi connectivity index (χ0) is 12.1. The van der Waals surface area contributed by atoms with Crippen LogP contribution in [0.15, 0.2) is 12.2 Å². The number of rotatable bonds is 6. The number of aliphatic carboxylic acids is 1. The van der Waals surface area contributed by atoms with Crippen molar-refractivity contribution in [1.82, 2.24) is 4.90 Å². The molecule has 0 saturated heterocycles. The van der Waals surface area contributed by atoms with E-state index in [-0.39, 0.29) is 24.7 Å². The Bertz CT molecular complexity index is 296. The van der Waals surface area contributed by atoms with Crippen molar-refractivity contribution >= 4 is 11.9 Å². The number of hydrogen-bond donors (Lipinski definition) is 2. The number of carboxylic acid groups (broad SMARTS) is 1. The van der Waals surface area contributed by atoms with E-state index in [4.69, 9.17) is 10.8 Å². The quantitative estimate of drug-likeness (QED) is 0.640. The van der Waals surface area contributed by atoms with Crippen LogP contribution >= 0.6 is 0 Å². The van der Waals surface area contributed by atoms with E-state index in [0.717, 1.165) is 25.7 Å². The molecule has 0 aliphatic heterocycles. The number of primary amides is 1. The van der Waals surface area contributed by atoms with E-state index in [1.807, 2.05) is 4.90 Å². The van der Waals surface area contributed by atoms with Gasteiger partial charge in [0.25, 0.3) is 0 Å². The van der Waals surface area contributed by atoms with Gasteiger partial charge in [0, 0.05) is 18.2 Å². The molecule has 1 aliphatic carbocycles. The third kappa shape index (κ3) is 3.66. The van der Waals surface area contributed by atoms with Gasteiger partial charge in [-0.3, -0.25) is 9.69 Å². The molecule has 0 radical (unpaired) electrons. The van der Waals surface area contributed by atoms with Crippen molar-refractivity contribution < 1.29 is 14.7 Å². The Kier molecular flexibility index (Phi) is 4.49. The van der Waals surface area contributed by atoms with E-state index < -0.39 is 11.9 Å². The lowest BCUT2D eigenvalue weighted by Crippen LogP contribution is -2.41. The van der Waals surface area contributed by atoms with E-state index in [2.05, 4.69) is 6.58 Å². The van der Waals surface area contributed by atoms with Crippen LogP contribution in [0.1, 0.15) is 25.7 Å². The lowest BCUT2D eigenvalue weighted by atomic mass is 10.1. The van der Waals surface area contributed by atoms with Gasteiger partial charge in [-0.15, -0.1) is 0 Å². The first kappa shape index (κ1) is 12.7. The number of hydrogen-bond acceptors (Lipinski definition) is 3. The Morgan fingerprint density at radius 2 is 1.88 bits per heavy atom. The summed E-state index contributed by atoms with van der Waals surface area (Å²) >= 11 is 0. The summed E-state index contributed by atoms with van der Waals surface area (Å²) in [5, 5.41) is 8.77. The van der Waals surface area contributed by atoms with Crippen LogP contribution in [0, 0.1) is 0 Å². The topological polar surface area (TPSA) is 83.6 Å². The van der Waals surface area contributed by atoms with Crippen LogP contribution in [0.4, 0.5) is 0 Å². The molecule has 5 nitrogen and oxygen atoms in total. The highest BCUT2D eigenvalue weighted by Crippen LogP contribution is 2.23. The monoisotopic (exact) mass is 226 g/mol. The second-order valence-corrected chi connectivity index (χ2v) is 4.22. The van der Waals surface area contributed by atoms with Crippen molar-refractivity contribution in [3.63, 3.8) is 0 Å². The molecular weight excluding hydrogens is 208 g/mol. The van der Waals surface area contributed by atoms with E-state index in [0.29, 0.717) is 0 Å². The first-order valence-electron chi connectivity index (χ1n) is 5.44. The van der Waals surface area contributed by atoms with Crippen LogP contribution < -0.4 is 5.73 Å². The fourth-order valence-electron chi connectivity index (χ4n) is 2.10. The van der Waals surface area contributed by atoms with Crippen LogP contribution in [0.3, 0.4) is 0 Å². The van der Waals surface area contributed by atoms with E-state index in [1.165, 1.54) is 0 Å². The summed E-state index contributed by atoms with van der Waals surface area (Å²) in [6.07, 6.45) is 4.25. The number of carbonyl (C=O) groups is 2. The molecule has 0 atom stereocenters. The van der Waals surface area contributed by atoms with Crippen molar-refractivity contribution in [3.05, 3.63) is 12.2 Å². The first-order chi connectivity index (χ1) is 7.50. The van der Waals surface area contributed by atoms with Crippen molar-refractivity contribution in [3.8, 4) is 0 Å². The molecule has 16 heavy (non-hydrogen) atoms. The number of nitrogens with zero attached hydrogens (tertiary/aromatic N) is 1. The molecule has 1 fully saturated rings. The van der Waals surface area contributed by atoms with Gasteiger partial charge < -0.3 is 10.8 Å². The van der Waals surface area contributed by atoms with Crippen LogP contribution in [0.2, 0.25) is 0 Å². The normalized spacial score (nSPS) is 16.6. The summed E-state index contributed by atoms with van der Waals surface area (Å²) in [4.78, 5) is 23.4. The minimum atomic E-state index is -1.02. The van der Waals surface area contributed by atoms with Gasteiger partial charge >= 0.3 is 5.97 Å². The summed E-state index contributed by atoms with van der Waals surface area (Å²) in [6.45, 7) is 3.80. The Morgan fingerprint density at radius 3 is 2.31 bits per heavy atom. The standard InChI is InChI=1S/C11H18N2O3/c1-8(11(15)16)6-13(7-10(12)14)9-4-2-3-5-9/h9H,1-7H2,(H2,12,14)(H,15,16). The van der Waals surface area contributed by atoms with Crippen molar-refractivity contribution in [2.45, 2.75) is 31.7 Å². The minimum Gasteiger partial charge on any atom is -0.478 e. The second-order valence-electron chi connectivity index (χ2n) is 4.22. The maximum Gasteiger partial charge on any atom is 0.332 e. The summed E-state index contributed by atoms with van der Waals surface area (Å²) < 4.78 is 0. The molecule has 5 heteroatoms. The molecule has 1 aliphatic rings. The molecule has 1 amide bonds. The van der Waals surface area contributed by atoms with Crippen LogP contribution in [-0.2, 0) is 9.59 Å². The molecule has 0 aromatic rings. The molecule has 0 aromatic heterocycles. The molecular formula is C11H18N2O3. The maximum absolute atomic E-state index is 10.9. The molecule has 90 valence electrons. The average molecular weight is 226 g/mol. The van der Waals surface area contributed by atoms with Crippen LogP contribution in [-0.4, -0.2) is 41.0 Å². The summed E-state index contributed by atoms with van der Waals surface area (Å²) in [6, 6.07) is 0.267. The fraction of sp³-hybridized carbons (Fsp3) is 0.636. The van der Waals surface area contributed by atoms with Gasteiger partial charge in [0.1, 0.15) is 0 Å². The second kappa shape index (κ2) is 5.65. The van der Waals surface area contributed by atoms with Gasteiger partial charge in [0.2, 0.25) is 5.91 Å². The highest BCUT2D eigenvalue weighted by Gasteiger charge is 2.25. The van der Waals surface area contributed by atoms with Gasteiger partial charge in [0.15, 0.2) is 0 Å². The lowest BCUT2D eigenvalue weighted by molar-refractivity contribution is -0.133. The predicted molar refractivity (Wildman–Crippen MR) is 59.8 cm³/mol. The molecule has 0 unspecified atom stereocenters. The maximum atomic E-state index is 10.9. The van der Waals surface area contributed by atoms with Gasteiger partial charge in [-0.1, -0.05) is 19.4 Å². The van der Waals surface area contributed by atoms with E-state index in [1.54, 1.807) is 0 Å². The molecule has 0 heterocycles. The lowest BCUT2D eigenvalue weighted by Gasteiger charge is -2.27. The Morgan fingerprint density at radius 1 is 1.31 bits per heavy atom. The molecule has 1 rings (SSSR count). The van der Waals surface area contributed by atoms with Gasteiger partial charge in [-0.2, -0.15) is 0 Å². The van der Waals surface area contributed by atoms with Crippen molar-refractivity contribution in [2.75, 3.05) is 13.1 Å². The van der Waals surface area contributed by atoms with Gasteiger partial charge in [0.05, 0.1) is 6.54 Å². The first-order valence-corrected chi connectivity index (χ1v) is 5.44. The predicted octanol–water partition coefficient (Wildman–Crippen LogP) is 0.357. The third-order valence-corrected chi connectivity index (χ3v) is 2.90. The Labute approximate surface area is 94.9 Å². The van der Waals surface area contributed by atoms with E-state index >= 15 is 0 Å². The third-order valence-electron chi connectivity index (χ3n) is 2.90. The Balaban J connectivity index is 2.59. The summed E-state index contributed by atoms with van der Waals surface area (Å²) in [5.74, 6) is -1.45. The smallest absolute Gasteiger partial charge is 0.332 e.